The smallest absolute Gasteiger partial charge is 0.129 e. The van der Waals surface area contributed by atoms with Crippen molar-refractivity contribution >= 4 is 10.9 Å². The van der Waals surface area contributed by atoms with Crippen molar-refractivity contribution in [3.8, 4) is 11.4 Å². The summed E-state index contributed by atoms with van der Waals surface area (Å²) in [5.41, 5.74) is 3.55. The van der Waals surface area contributed by atoms with Crippen LogP contribution in [0.5, 0.6) is 5.75 Å². The maximum absolute atomic E-state index is 13.5. The quantitative estimate of drug-likeness (QED) is 0.447. The van der Waals surface area contributed by atoms with Gasteiger partial charge in [-0.25, -0.2) is 4.39 Å². The summed E-state index contributed by atoms with van der Waals surface area (Å²) >= 11 is 0. The standard InChI is InChI=1S/C26H24FNO2/c1-26(29)15-19(16-26)24-14-22-23(28(24)21-12-10-20(27)11-13-21)8-5-9-25(22)30-17-18-6-3-2-4-7-18/h2-14,19,29H,15-17H2,1H3. The molecular weight excluding hydrogens is 377 g/mol. The Morgan fingerprint density at radius 2 is 1.73 bits per heavy atom. The lowest BCUT2D eigenvalue weighted by Crippen LogP contribution is -2.39. The van der Waals surface area contributed by atoms with Gasteiger partial charge in [-0.1, -0.05) is 36.4 Å². The molecule has 0 radical (unpaired) electrons. The summed E-state index contributed by atoms with van der Waals surface area (Å²) in [6.45, 7) is 2.37. The number of rotatable bonds is 5. The van der Waals surface area contributed by atoms with Crippen LogP contribution in [0.3, 0.4) is 0 Å². The minimum absolute atomic E-state index is 0.249. The number of hydrogen-bond donors (Lipinski definition) is 1. The van der Waals surface area contributed by atoms with Gasteiger partial charge in [-0.3, -0.25) is 0 Å². The molecule has 0 aliphatic heterocycles. The van der Waals surface area contributed by atoms with Gasteiger partial charge >= 0.3 is 0 Å². The van der Waals surface area contributed by atoms with Gasteiger partial charge in [-0.15, -0.1) is 0 Å². The SMILES string of the molecule is CC1(O)CC(c2cc3c(OCc4ccccc4)cccc3n2-c2ccc(F)cc2)C1. The summed E-state index contributed by atoms with van der Waals surface area (Å²) < 4.78 is 21.9. The Balaban J connectivity index is 1.58. The van der Waals surface area contributed by atoms with Crippen LogP contribution in [0.2, 0.25) is 0 Å². The largest absolute Gasteiger partial charge is 0.488 e. The molecule has 1 saturated carbocycles. The molecule has 1 N–H and O–H groups in total. The summed E-state index contributed by atoms with van der Waals surface area (Å²) in [5.74, 6) is 0.819. The molecule has 0 spiro atoms. The first-order valence-electron chi connectivity index (χ1n) is 10.3. The Bertz CT molecular complexity index is 1170. The molecule has 1 fully saturated rings. The van der Waals surface area contributed by atoms with Gasteiger partial charge < -0.3 is 14.4 Å². The molecule has 5 rings (SSSR count). The zero-order chi connectivity index (χ0) is 20.7. The first-order chi connectivity index (χ1) is 14.5. The van der Waals surface area contributed by atoms with Crippen molar-refractivity contribution in [1.82, 2.24) is 4.57 Å². The van der Waals surface area contributed by atoms with Crippen LogP contribution >= 0.6 is 0 Å². The van der Waals surface area contributed by atoms with Crippen LogP contribution in [-0.4, -0.2) is 15.3 Å². The number of fused-ring (bicyclic) bond motifs is 1. The molecule has 1 aliphatic rings. The van der Waals surface area contributed by atoms with Crippen molar-refractivity contribution < 1.29 is 14.2 Å². The van der Waals surface area contributed by atoms with E-state index in [9.17, 15) is 9.50 Å². The zero-order valence-corrected chi connectivity index (χ0v) is 16.9. The second kappa shape index (κ2) is 7.29. The Hall–Kier alpha value is -3.11. The van der Waals surface area contributed by atoms with Crippen LogP contribution in [0.15, 0.2) is 78.9 Å². The maximum atomic E-state index is 13.5. The molecule has 30 heavy (non-hydrogen) atoms. The summed E-state index contributed by atoms with van der Waals surface area (Å²) in [4.78, 5) is 0. The van der Waals surface area contributed by atoms with Crippen molar-refractivity contribution in [3.63, 3.8) is 0 Å². The van der Waals surface area contributed by atoms with E-state index < -0.39 is 5.60 Å². The monoisotopic (exact) mass is 401 g/mol. The summed E-state index contributed by atoms with van der Waals surface area (Å²) in [6.07, 6.45) is 1.43. The van der Waals surface area contributed by atoms with Crippen LogP contribution in [0.25, 0.3) is 16.6 Å². The molecule has 4 aromatic rings. The van der Waals surface area contributed by atoms with Crippen molar-refractivity contribution in [1.29, 1.82) is 0 Å². The van der Waals surface area contributed by atoms with Crippen molar-refractivity contribution in [2.45, 2.75) is 37.9 Å². The lowest BCUT2D eigenvalue weighted by Gasteiger charge is -2.41. The second-order valence-corrected chi connectivity index (χ2v) is 8.45. The number of ether oxygens (including phenoxy) is 1. The third-order valence-electron chi connectivity index (χ3n) is 5.95. The molecule has 3 nitrogen and oxygen atoms in total. The van der Waals surface area contributed by atoms with Crippen molar-refractivity contribution in [3.05, 3.63) is 95.9 Å². The van der Waals surface area contributed by atoms with Gasteiger partial charge in [0, 0.05) is 22.7 Å². The van der Waals surface area contributed by atoms with E-state index in [0.29, 0.717) is 19.4 Å². The highest BCUT2D eigenvalue weighted by atomic mass is 19.1. The molecule has 152 valence electrons. The van der Waals surface area contributed by atoms with Crippen LogP contribution in [0, 0.1) is 5.82 Å². The number of aliphatic hydroxyl groups is 1. The van der Waals surface area contributed by atoms with E-state index in [0.717, 1.165) is 33.6 Å². The molecule has 4 heteroatoms. The Kier molecular flexibility index (Phi) is 4.59. The summed E-state index contributed by atoms with van der Waals surface area (Å²) in [7, 11) is 0. The third kappa shape index (κ3) is 3.48. The highest BCUT2D eigenvalue weighted by Gasteiger charge is 2.41. The lowest BCUT2D eigenvalue weighted by atomic mass is 9.70. The fourth-order valence-electron chi connectivity index (χ4n) is 4.47. The Morgan fingerprint density at radius 3 is 2.43 bits per heavy atom. The van der Waals surface area contributed by atoms with E-state index in [-0.39, 0.29) is 11.7 Å². The van der Waals surface area contributed by atoms with Gasteiger partial charge in [-0.2, -0.15) is 0 Å². The molecule has 0 atom stereocenters. The average Bonchev–Trinajstić information content (AvgIpc) is 3.11. The van der Waals surface area contributed by atoms with Crippen LogP contribution in [0.1, 0.15) is 36.9 Å². The highest BCUT2D eigenvalue weighted by molar-refractivity contribution is 5.89. The normalized spacial score (nSPS) is 20.8. The Morgan fingerprint density at radius 1 is 1.00 bits per heavy atom. The average molecular weight is 401 g/mol. The van der Waals surface area contributed by atoms with E-state index in [2.05, 4.69) is 16.7 Å². The Labute approximate surface area is 175 Å². The van der Waals surface area contributed by atoms with E-state index in [1.165, 1.54) is 12.1 Å². The third-order valence-corrected chi connectivity index (χ3v) is 5.95. The number of aromatic nitrogens is 1. The number of nitrogens with zero attached hydrogens (tertiary/aromatic N) is 1. The summed E-state index contributed by atoms with van der Waals surface area (Å²) in [5, 5.41) is 11.3. The first-order valence-corrected chi connectivity index (χ1v) is 10.3. The molecule has 1 aliphatic carbocycles. The van der Waals surface area contributed by atoms with Crippen LogP contribution < -0.4 is 4.74 Å². The van der Waals surface area contributed by atoms with Crippen molar-refractivity contribution in [2.24, 2.45) is 0 Å². The van der Waals surface area contributed by atoms with Gasteiger partial charge in [0.1, 0.15) is 18.2 Å². The fourth-order valence-corrected chi connectivity index (χ4v) is 4.47. The first kappa shape index (κ1) is 18.9. The molecule has 1 heterocycles. The van der Waals surface area contributed by atoms with Gasteiger partial charge in [0.05, 0.1) is 11.1 Å². The van der Waals surface area contributed by atoms with E-state index >= 15 is 0 Å². The number of halogens is 1. The van der Waals surface area contributed by atoms with E-state index in [1.54, 1.807) is 12.1 Å². The van der Waals surface area contributed by atoms with Crippen LogP contribution in [-0.2, 0) is 6.61 Å². The predicted octanol–water partition coefficient (Wildman–Crippen LogP) is 5.98. The second-order valence-electron chi connectivity index (χ2n) is 8.45. The van der Waals surface area contributed by atoms with Crippen molar-refractivity contribution in [2.75, 3.05) is 0 Å². The van der Waals surface area contributed by atoms with Gasteiger partial charge in [0.15, 0.2) is 0 Å². The zero-order valence-electron chi connectivity index (χ0n) is 16.9. The molecule has 0 saturated heterocycles. The highest BCUT2D eigenvalue weighted by Crippen LogP contribution is 2.47. The lowest BCUT2D eigenvalue weighted by molar-refractivity contribution is -0.0326. The topological polar surface area (TPSA) is 34.4 Å². The van der Waals surface area contributed by atoms with E-state index in [1.807, 2.05) is 49.4 Å². The molecule has 0 amide bonds. The molecule has 1 aromatic heterocycles. The molecule has 0 unspecified atom stereocenters. The van der Waals surface area contributed by atoms with Gasteiger partial charge in [0.25, 0.3) is 0 Å². The number of benzene rings is 3. The molecular formula is C26H24FNO2. The fraction of sp³-hybridized carbons (Fsp3) is 0.231. The number of hydrogen-bond acceptors (Lipinski definition) is 2. The minimum Gasteiger partial charge on any atom is -0.488 e. The molecule has 3 aromatic carbocycles. The van der Waals surface area contributed by atoms with Crippen LogP contribution in [0.4, 0.5) is 4.39 Å². The predicted molar refractivity (Wildman–Crippen MR) is 117 cm³/mol. The van der Waals surface area contributed by atoms with Gasteiger partial charge in [0.2, 0.25) is 0 Å². The minimum atomic E-state index is -0.624. The van der Waals surface area contributed by atoms with E-state index in [4.69, 9.17) is 4.74 Å². The summed E-state index contributed by atoms with van der Waals surface area (Å²) in [6, 6.07) is 24.9. The molecule has 0 bridgehead atoms. The van der Waals surface area contributed by atoms with Gasteiger partial charge in [-0.05, 0) is 67.8 Å². The maximum Gasteiger partial charge on any atom is 0.129 e.